The molecule has 8 atom stereocenters. The number of anilines is 1. The summed E-state index contributed by atoms with van der Waals surface area (Å²) in [5.41, 5.74) is 4.28. The van der Waals surface area contributed by atoms with Crippen molar-refractivity contribution in [2.24, 2.45) is 39.6 Å². The van der Waals surface area contributed by atoms with Crippen LogP contribution in [0.2, 0.25) is 10.0 Å². The number of aliphatic hydroxyl groups excluding tert-OH is 1. The summed E-state index contributed by atoms with van der Waals surface area (Å²) in [6.45, 7) is 5.08. The number of fused-ring (bicyclic) bond motifs is 5. The molecule has 4 aliphatic carbocycles. The van der Waals surface area contributed by atoms with E-state index >= 15 is 0 Å². The second-order valence-corrected chi connectivity index (χ2v) is 13.9. The fourth-order valence-electron chi connectivity index (χ4n) is 9.53. The molecule has 6 heteroatoms. The van der Waals surface area contributed by atoms with Crippen LogP contribution in [-0.4, -0.2) is 16.9 Å². The summed E-state index contributed by atoms with van der Waals surface area (Å²) in [5, 5.41) is 19.0. The van der Waals surface area contributed by atoms with Gasteiger partial charge in [-0.05, 0) is 110 Å². The monoisotopic (exact) mass is 552 g/mol. The number of allylic oxidation sites excluding steroid dienone is 1. The average molecular weight is 554 g/mol. The number of furan rings is 1. The first-order valence-electron chi connectivity index (χ1n) is 14.5. The van der Waals surface area contributed by atoms with Crippen LogP contribution in [0.15, 0.2) is 57.8 Å². The van der Waals surface area contributed by atoms with Gasteiger partial charge in [0.1, 0.15) is 11.8 Å². The second kappa shape index (κ2) is 9.14. The van der Waals surface area contributed by atoms with Crippen LogP contribution in [0.4, 0.5) is 5.69 Å². The maximum atomic E-state index is 10.4. The van der Waals surface area contributed by atoms with Crippen LogP contribution in [-0.2, 0) is 0 Å². The lowest BCUT2D eigenvalue weighted by Crippen LogP contribution is -2.51. The molecule has 1 aromatic carbocycles. The highest BCUT2D eigenvalue weighted by atomic mass is 35.5. The van der Waals surface area contributed by atoms with E-state index in [1.807, 2.05) is 18.2 Å². The first kappa shape index (κ1) is 25.2. The van der Waals surface area contributed by atoms with Crippen LogP contribution in [0.25, 0.3) is 0 Å². The standard InChI is InChI=1S/C32H38Cl2N2O2/c1-31-13-11-21(37)16-19(31)5-7-22-23-8-9-25(32(23,2)14-12-24(22)31)27-18-29(30-4-3-15-38-30)36(35-27)28-10-6-20(33)17-26(28)34/h3-6,10,15,17,21-25,29,37H,7-9,11-14,16,18H2,1-2H3/t21-,22-,23-,24-,25+,29?,31-,32-/m0/s1. The molecule has 0 saturated heterocycles. The molecule has 2 heterocycles. The van der Waals surface area contributed by atoms with Crippen LogP contribution in [0.1, 0.15) is 83.4 Å². The molecule has 7 rings (SSSR count). The van der Waals surface area contributed by atoms with Gasteiger partial charge in [0, 0.05) is 23.1 Å². The molecule has 3 saturated carbocycles. The minimum Gasteiger partial charge on any atom is -0.467 e. The molecule has 0 radical (unpaired) electrons. The van der Waals surface area contributed by atoms with E-state index in [0.29, 0.717) is 16.0 Å². The lowest BCUT2D eigenvalue weighted by Gasteiger charge is -2.58. The Labute approximate surface area is 236 Å². The van der Waals surface area contributed by atoms with Crippen molar-refractivity contribution < 1.29 is 9.52 Å². The zero-order chi connectivity index (χ0) is 26.2. The summed E-state index contributed by atoms with van der Waals surface area (Å²) in [6.07, 6.45) is 14.2. The molecule has 0 spiro atoms. The van der Waals surface area contributed by atoms with Gasteiger partial charge in [0.2, 0.25) is 0 Å². The highest BCUT2D eigenvalue weighted by Crippen LogP contribution is 2.67. The Balaban J connectivity index is 1.20. The Kier molecular flexibility index (Phi) is 6.07. The van der Waals surface area contributed by atoms with Crippen LogP contribution >= 0.6 is 23.2 Å². The summed E-state index contributed by atoms with van der Waals surface area (Å²) in [4.78, 5) is 0. The van der Waals surface area contributed by atoms with Crippen molar-refractivity contribution in [1.82, 2.24) is 0 Å². The Morgan fingerprint density at radius 2 is 1.89 bits per heavy atom. The van der Waals surface area contributed by atoms with E-state index < -0.39 is 0 Å². The maximum absolute atomic E-state index is 10.4. The van der Waals surface area contributed by atoms with Crippen molar-refractivity contribution >= 4 is 34.6 Å². The minimum atomic E-state index is -0.143. The third kappa shape index (κ3) is 3.77. The molecule has 0 amide bonds. The number of hydrogen-bond donors (Lipinski definition) is 1. The van der Waals surface area contributed by atoms with Crippen molar-refractivity contribution in [3.8, 4) is 0 Å². The van der Waals surface area contributed by atoms with Crippen molar-refractivity contribution in [3.05, 3.63) is 64.0 Å². The van der Waals surface area contributed by atoms with Gasteiger partial charge in [-0.15, -0.1) is 0 Å². The van der Waals surface area contributed by atoms with E-state index in [1.54, 1.807) is 17.9 Å². The first-order chi connectivity index (χ1) is 18.3. The van der Waals surface area contributed by atoms with Crippen LogP contribution in [0, 0.1) is 34.5 Å². The quantitative estimate of drug-likeness (QED) is 0.387. The smallest absolute Gasteiger partial charge is 0.128 e. The van der Waals surface area contributed by atoms with Gasteiger partial charge in [-0.2, -0.15) is 5.10 Å². The number of nitrogens with zero attached hydrogens (tertiary/aromatic N) is 2. The molecular weight excluding hydrogens is 515 g/mol. The lowest BCUT2D eigenvalue weighted by atomic mass is 9.47. The molecule has 1 unspecified atom stereocenters. The molecule has 0 bridgehead atoms. The maximum Gasteiger partial charge on any atom is 0.128 e. The van der Waals surface area contributed by atoms with E-state index in [1.165, 1.54) is 37.8 Å². The molecular formula is C32H38Cl2N2O2. The molecule has 3 fully saturated rings. The Bertz CT molecular complexity index is 1290. The Morgan fingerprint density at radius 3 is 2.68 bits per heavy atom. The second-order valence-electron chi connectivity index (χ2n) is 13.1. The predicted octanol–water partition coefficient (Wildman–Crippen LogP) is 8.83. The molecule has 1 aromatic heterocycles. The summed E-state index contributed by atoms with van der Waals surface area (Å²) in [5.74, 6) is 3.62. The Morgan fingerprint density at radius 1 is 1.03 bits per heavy atom. The minimum absolute atomic E-state index is 0.00501. The summed E-state index contributed by atoms with van der Waals surface area (Å²) < 4.78 is 5.91. The van der Waals surface area contributed by atoms with Crippen LogP contribution in [0.3, 0.4) is 0 Å². The largest absolute Gasteiger partial charge is 0.467 e. The number of halogens is 2. The summed E-state index contributed by atoms with van der Waals surface area (Å²) in [7, 11) is 0. The lowest BCUT2D eigenvalue weighted by molar-refractivity contribution is -0.0424. The highest BCUT2D eigenvalue weighted by molar-refractivity contribution is 6.36. The third-order valence-electron chi connectivity index (χ3n) is 11.4. The van der Waals surface area contributed by atoms with Gasteiger partial charge in [-0.3, -0.25) is 5.01 Å². The van der Waals surface area contributed by atoms with Gasteiger partial charge in [0.15, 0.2) is 0 Å². The van der Waals surface area contributed by atoms with E-state index in [-0.39, 0.29) is 23.0 Å². The van der Waals surface area contributed by atoms with E-state index in [4.69, 9.17) is 32.7 Å². The number of benzene rings is 1. The van der Waals surface area contributed by atoms with Gasteiger partial charge in [-0.25, -0.2) is 0 Å². The number of rotatable bonds is 3. The molecule has 202 valence electrons. The molecule has 1 aliphatic heterocycles. The fraction of sp³-hybridized carbons (Fsp3) is 0.594. The third-order valence-corrected chi connectivity index (χ3v) is 12.0. The van der Waals surface area contributed by atoms with Crippen molar-refractivity contribution in [1.29, 1.82) is 0 Å². The van der Waals surface area contributed by atoms with E-state index in [0.717, 1.165) is 54.9 Å². The summed E-state index contributed by atoms with van der Waals surface area (Å²) >= 11 is 12.9. The van der Waals surface area contributed by atoms with Crippen molar-refractivity contribution in [2.45, 2.75) is 83.8 Å². The fourth-order valence-corrected chi connectivity index (χ4v) is 10.0. The van der Waals surface area contributed by atoms with Crippen molar-refractivity contribution in [3.63, 3.8) is 0 Å². The molecule has 38 heavy (non-hydrogen) atoms. The Hall–Kier alpha value is -1.75. The normalized spacial score (nSPS) is 40.3. The topological polar surface area (TPSA) is 49.0 Å². The van der Waals surface area contributed by atoms with Gasteiger partial charge in [0.25, 0.3) is 0 Å². The molecule has 5 aliphatic rings. The van der Waals surface area contributed by atoms with Gasteiger partial charge < -0.3 is 9.52 Å². The molecule has 1 N–H and O–H groups in total. The number of aliphatic hydroxyl groups is 1. The average Bonchev–Trinajstić information content (AvgIpc) is 3.62. The van der Waals surface area contributed by atoms with E-state index in [2.05, 4.69) is 31.0 Å². The SMILES string of the molecule is C[C@]12CC[C@H]3[C@@H](CC=C4C[C@@H](O)CC[C@@]43C)[C@@H]1CC[C@@H]2C1=NN(c2ccc(Cl)cc2Cl)C(c2ccco2)C1. The van der Waals surface area contributed by atoms with Crippen LogP contribution < -0.4 is 5.01 Å². The zero-order valence-corrected chi connectivity index (χ0v) is 23.9. The number of hydrazone groups is 1. The summed E-state index contributed by atoms with van der Waals surface area (Å²) in [6, 6.07) is 9.68. The molecule has 2 aromatic rings. The zero-order valence-electron chi connectivity index (χ0n) is 22.4. The highest BCUT2D eigenvalue weighted by Gasteiger charge is 2.60. The predicted molar refractivity (Wildman–Crippen MR) is 154 cm³/mol. The number of hydrogen-bond acceptors (Lipinski definition) is 4. The molecule has 4 nitrogen and oxygen atoms in total. The van der Waals surface area contributed by atoms with Crippen LogP contribution in [0.5, 0.6) is 0 Å². The van der Waals surface area contributed by atoms with Gasteiger partial charge >= 0.3 is 0 Å². The van der Waals surface area contributed by atoms with E-state index in [9.17, 15) is 5.11 Å². The van der Waals surface area contributed by atoms with Gasteiger partial charge in [-0.1, -0.05) is 48.7 Å². The van der Waals surface area contributed by atoms with Crippen molar-refractivity contribution in [2.75, 3.05) is 5.01 Å². The first-order valence-corrected chi connectivity index (χ1v) is 15.3. The van der Waals surface area contributed by atoms with Gasteiger partial charge in [0.05, 0.1) is 23.1 Å².